The van der Waals surface area contributed by atoms with E-state index in [1.165, 1.54) is 5.56 Å². The van der Waals surface area contributed by atoms with E-state index in [2.05, 4.69) is 45.4 Å². The molecule has 31 heavy (non-hydrogen) atoms. The van der Waals surface area contributed by atoms with Crippen molar-refractivity contribution in [2.24, 2.45) is 5.92 Å². The molecule has 0 saturated carbocycles. The Morgan fingerprint density at radius 3 is 2.39 bits per heavy atom. The second-order valence-electron chi connectivity index (χ2n) is 9.66. The van der Waals surface area contributed by atoms with Gasteiger partial charge in [0.1, 0.15) is 5.60 Å². The van der Waals surface area contributed by atoms with Gasteiger partial charge in [-0.25, -0.2) is 4.79 Å². The molecule has 0 aliphatic carbocycles. The summed E-state index contributed by atoms with van der Waals surface area (Å²) in [6.45, 7) is 13.4. The second kappa shape index (κ2) is 11.0. The number of amides is 2. The zero-order valence-corrected chi connectivity index (χ0v) is 19.3. The molecule has 7 nitrogen and oxygen atoms in total. The highest BCUT2D eigenvalue weighted by Crippen LogP contribution is 2.19. The number of carbonyl (C=O) groups excluding carboxylic acids is 2. The molecule has 2 aliphatic heterocycles. The molecule has 0 aromatic heterocycles. The van der Waals surface area contributed by atoms with Gasteiger partial charge in [-0.3, -0.25) is 14.6 Å². The predicted octanol–water partition coefficient (Wildman–Crippen LogP) is 2.57. The van der Waals surface area contributed by atoms with E-state index in [-0.39, 0.29) is 17.9 Å². The minimum Gasteiger partial charge on any atom is -0.444 e. The van der Waals surface area contributed by atoms with Gasteiger partial charge in [0, 0.05) is 58.9 Å². The van der Waals surface area contributed by atoms with Crippen LogP contribution >= 0.6 is 0 Å². The van der Waals surface area contributed by atoms with E-state index >= 15 is 0 Å². The monoisotopic (exact) mass is 430 g/mol. The molecule has 172 valence electrons. The van der Waals surface area contributed by atoms with Crippen LogP contribution in [-0.4, -0.2) is 84.7 Å². The molecule has 2 aliphatic rings. The molecule has 2 amide bonds. The lowest BCUT2D eigenvalue weighted by atomic mass is 9.97. The van der Waals surface area contributed by atoms with Crippen LogP contribution in [0.4, 0.5) is 4.79 Å². The van der Waals surface area contributed by atoms with E-state index in [0.29, 0.717) is 19.6 Å². The summed E-state index contributed by atoms with van der Waals surface area (Å²) in [5.74, 6) is -0.0973. The summed E-state index contributed by atoms with van der Waals surface area (Å²) in [5, 5.41) is 3.09. The summed E-state index contributed by atoms with van der Waals surface area (Å²) in [4.78, 5) is 31.5. The highest BCUT2D eigenvalue weighted by Gasteiger charge is 2.31. The van der Waals surface area contributed by atoms with Gasteiger partial charge in [-0.1, -0.05) is 30.3 Å². The van der Waals surface area contributed by atoms with Crippen molar-refractivity contribution in [3.8, 4) is 0 Å². The van der Waals surface area contributed by atoms with Crippen molar-refractivity contribution in [2.75, 3.05) is 52.4 Å². The Morgan fingerprint density at radius 1 is 1.03 bits per heavy atom. The van der Waals surface area contributed by atoms with E-state index in [9.17, 15) is 9.59 Å². The Hall–Kier alpha value is -2.12. The van der Waals surface area contributed by atoms with Crippen LogP contribution in [0.15, 0.2) is 30.3 Å². The fourth-order valence-corrected chi connectivity index (χ4v) is 4.18. The molecular formula is C24H38N4O3. The fraction of sp³-hybridized carbons (Fsp3) is 0.667. The number of nitrogens with one attached hydrogen (secondary N) is 1. The Morgan fingerprint density at radius 2 is 1.71 bits per heavy atom. The topological polar surface area (TPSA) is 65.1 Å². The summed E-state index contributed by atoms with van der Waals surface area (Å²) in [6, 6.07) is 10.6. The molecule has 1 unspecified atom stereocenters. The molecule has 1 N–H and O–H groups in total. The molecular weight excluding hydrogens is 392 g/mol. The Balaban J connectivity index is 1.33. The van der Waals surface area contributed by atoms with Crippen LogP contribution in [0.1, 0.15) is 39.2 Å². The zero-order valence-electron chi connectivity index (χ0n) is 19.3. The van der Waals surface area contributed by atoms with Gasteiger partial charge < -0.3 is 15.0 Å². The van der Waals surface area contributed by atoms with E-state index in [1.807, 2.05) is 20.8 Å². The van der Waals surface area contributed by atoms with Gasteiger partial charge in [0.25, 0.3) is 0 Å². The maximum atomic E-state index is 12.6. The van der Waals surface area contributed by atoms with E-state index in [1.54, 1.807) is 4.90 Å². The smallest absolute Gasteiger partial charge is 0.410 e. The number of ether oxygens (including phenoxy) is 1. The molecule has 3 rings (SSSR count). The minimum absolute atomic E-state index is 0.0518. The Kier molecular flexibility index (Phi) is 8.32. The molecule has 0 spiro atoms. The first-order chi connectivity index (χ1) is 14.8. The lowest BCUT2D eigenvalue weighted by molar-refractivity contribution is -0.126. The molecule has 2 heterocycles. The third-order valence-corrected chi connectivity index (χ3v) is 5.89. The van der Waals surface area contributed by atoms with Crippen LogP contribution in [0.5, 0.6) is 0 Å². The first-order valence-corrected chi connectivity index (χ1v) is 11.5. The Labute approximate surface area is 186 Å². The second-order valence-corrected chi connectivity index (χ2v) is 9.66. The van der Waals surface area contributed by atoms with Crippen LogP contribution in [-0.2, 0) is 16.1 Å². The van der Waals surface area contributed by atoms with E-state index in [4.69, 9.17) is 4.74 Å². The summed E-state index contributed by atoms with van der Waals surface area (Å²) in [5.41, 5.74) is 0.841. The molecule has 0 bridgehead atoms. The van der Waals surface area contributed by atoms with Gasteiger partial charge in [-0.05, 0) is 39.2 Å². The van der Waals surface area contributed by atoms with Crippen LogP contribution in [0.3, 0.4) is 0 Å². The molecule has 0 radical (unpaired) electrons. The van der Waals surface area contributed by atoms with E-state index in [0.717, 1.165) is 52.1 Å². The maximum absolute atomic E-state index is 12.6. The van der Waals surface area contributed by atoms with Gasteiger partial charge in [-0.2, -0.15) is 0 Å². The third kappa shape index (κ3) is 7.82. The van der Waals surface area contributed by atoms with E-state index < -0.39 is 5.60 Å². The van der Waals surface area contributed by atoms with Gasteiger partial charge in [0.15, 0.2) is 0 Å². The molecule has 2 saturated heterocycles. The number of piperazine rings is 1. The lowest BCUT2D eigenvalue weighted by Gasteiger charge is -2.35. The number of carbonyl (C=O) groups is 2. The van der Waals surface area contributed by atoms with Crippen molar-refractivity contribution in [1.29, 1.82) is 0 Å². The highest BCUT2D eigenvalue weighted by atomic mass is 16.6. The fourth-order valence-electron chi connectivity index (χ4n) is 4.18. The highest BCUT2D eigenvalue weighted by molar-refractivity contribution is 5.80. The van der Waals surface area contributed by atoms with Crippen LogP contribution in [0.2, 0.25) is 0 Å². The van der Waals surface area contributed by atoms with Crippen molar-refractivity contribution >= 4 is 12.0 Å². The van der Waals surface area contributed by atoms with Gasteiger partial charge in [-0.15, -0.1) is 0 Å². The van der Waals surface area contributed by atoms with Gasteiger partial charge in [0.05, 0.1) is 5.92 Å². The van der Waals surface area contributed by atoms with Gasteiger partial charge in [0.2, 0.25) is 5.91 Å². The van der Waals surface area contributed by atoms with Crippen LogP contribution in [0.25, 0.3) is 0 Å². The Bertz CT molecular complexity index is 711. The third-order valence-electron chi connectivity index (χ3n) is 5.89. The average Bonchev–Trinajstić information content (AvgIpc) is 2.74. The van der Waals surface area contributed by atoms with Crippen molar-refractivity contribution in [1.82, 2.24) is 20.0 Å². The predicted molar refractivity (Wildman–Crippen MR) is 122 cm³/mol. The summed E-state index contributed by atoms with van der Waals surface area (Å²) < 4.78 is 5.46. The van der Waals surface area contributed by atoms with Crippen molar-refractivity contribution in [3.63, 3.8) is 0 Å². The van der Waals surface area contributed by atoms with Crippen molar-refractivity contribution < 1.29 is 14.3 Å². The largest absolute Gasteiger partial charge is 0.444 e. The van der Waals surface area contributed by atoms with Crippen LogP contribution < -0.4 is 5.32 Å². The number of nitrogens with zero attached hydrogens (tertiary/aromatic N) is 3. The van der Waals surface area contributed by atoms with Crippen molar-refractivity contribution in [3.05, 3.63) is 35.9 Å². The zero-order chi connectivity index (χ0) is 22.3. The minimum atomic E-state index is -0.516. The number of rotatable bonds is 6. The SMILES string of the molecule is CC(C)(C)OC(=O)N1CCCC(C(=O)NCCN2CCN(Cc3ccccc3)CC2)C1. The van der Waals surface area contributed by atoms with Crippen molar-refractivity contribution in [2.45, 2.75) is 45.8 Å². The number of piperidine rings is 1. The number of benzene rings is 1. The lowest BCUT2D eigenvalue weighted by Crippen LogP contribution is -2.50. The summed E-state index contributed by atoms with van der Waals surface area (Å²) >= 11 is 0. The standard InChI is InChI=1S/C24H38N4O3/c1-24(2,3)31-23(30)28-12-7-10-21(19-28)22(29)25-11-13-26-14-16-27(17-15-26)18-20-8-5-4-6-9-20/h4-6,8-9,21H,7,10-19H2,1-3H3,(H,25,29). The molecule has 1 aromatic rings. The normalized spacial score (nSPS) is 21.0. The van der Waals surface area contributed by atoms with Gasteiger partial charge >= 0.3 is 6.09 Å². The number of hydrogen-bond donors (Lipinski definition) is 1. The molecule has 7 heteroatoms. The number of hydrogen-bond acceptors (Lipinski definition) is 5. The van der Waals surface area contributed by atoms with Crippen LogP contribution in [0, 0.1) is 5.92 Å². The molecule has 2 fully saturated rings. The average molecular weight is 431 g/mol. The maximum Gasteiger partial charge on any atom is 0.410 e. The number of likely N-dealkylation sites (tertiary alicyclic amines) is 1. The quantitative estimate of drug-likeness (QED) is 0.752. The first kappa shape index (κ1) is 23.5. The first-order valence-electron chi connectivity index (χ1n) is 11.5. The summed E-state index contributed by atoms with van der Waals surface area (Å²) in [7, 11) is 0. The molecule has 1 aromatic carbocycles. The molecule has 1 atom stereocenters. The summed E-state index contributed by atoms with van der Waals surface area (Å²) in [6.07, 6.45) is 1.34.